The fourth-order valence-corrected chi connectivity index (χ4v) is 5.02. The number of benzene rings is 1. The van der Waals surface area contributed by atoms with Crippen molar-refractivity contribution in [2.75, 3.05) is 25.5 Å². The number of hydrogen-bond acceptors (Lipinski definition) is 10. The highest BCUT2D eigenvalue weighted by atomic mass is 32.2. The van der Waals surface area contributed by atoms with Gasteiger partial charge in [-0.2, -0.15) is 0 Å². The van der Waals surface area contributed by atoms with Crippen LogP contribution in [-0.4, -0.2) is 84.1 Å². The Kier molecular flexibility index (Phi) is 10.9. The summed E-state index contributed by atoms with van der Waals surface area (Å²) >= 11 is 0. The smallest absolute Gasteiger partial charge is 0.243 e. The summed E-state index contributed by atoms with van der Waals surface area (Å²) in [6.07, 6.45) is 2.77. The first kappa shape index (κ1) is 32.4. The Morgan fingerprint density at radius 3 is 2.38 bits per heavy atom. The number of pyridine rings is 1. The summed E-state index contributed by atoms with van der Waals surface area (Å²) in [5.41, 5.74) is 2.67. The second-order valence-electron chi connectivity index (χ2n) is 9.75. The van der Waals surface area contributed by atoms with Gasteiger partial charge in [-0.1, -0.05) is 11.6 Å². The van der Waals surface area contributed by atoms with Crippen LogP contribution in [0.1, 0.15) is 33.3 Å². The topological polar surface area (TPSA) is 162 Å². The zero-order valence-corrected chi connectivity index (χ0v) is 25.6. The maximum absolute atomic E-state index is 13.9. The van der Waals surface area contributed by atoms with E-state index in [0.717, 1.165) is 11.1 Å². The average Bonchev–Trinajstić information content (AvgIpc) is 3.35. The van der Waals surface area contributed by atoms with Gasteiger partial charge < -0.3 is 19.3 Å². The summed E-state index contributed by atoms with van der Waals surface area (Å²) < 4.78 is 48.9. The van der Waals surface area contributed by atoms with Crippen LogP contribution in [0.3, 0.4) is 0 Å². The molecule has 2 N–H and O–H groups in total. The van der Waals surface area contributed by atoms with Crippen molar-refractivity contribution in [3.8, 4) is 28.6 Å². The van der Waals surface area contributed by atoms with Crippen molar-refractivity contribution in [1.29, 1.82) is 0 Å². The molecule has 0 amide bonds. The second kappa shape index (κ2) is 14.2. The van der Waals surface area contributed by atoms with Crippen molar-refractivity contribution < 1.29 is 27.7 Å². The molecule has 3 rings (SSSR count). The van der Waals surface area contributed by atoms with E-state index in [1.54, 1.807) is 30.6 Å². The summed E-state index contributed by atoms with van der Waals surface area (Å²) in [7, 11) is -1.29. The van der Waals surface area contributed by atoms with Gasteiger partial charge in [-0.25, -0.2) is 18.4 Å². The Morgan fingerprint density at radius 2 is 1.83 bits per heavy atom. The minimum atomic E-state index is -4.27. The predicted octanol–water partition coefficient (Wildman–Crippen LogP) is 3.57. The maximum Gasteiger partial charge on any atom is 0.243 e. The highest BCUT2D eigenvalue weighted by Crippen LogP contribution is 2.38. The molecule has 2 heterocycles. The van der Waals surface area contributed by atoms with Crippen LogP contribution in [0.25, 0.3) is 17.1 Å². The lowest BCUT2D eigenvalue weighted by Gasteiger charge is -2.25. The lowest BCUT2D eigenvalue weighted by Crippen LogP contribution is -2.43. The molecule has 14 heteroatoms. The third-order valence-corrected chi connectivity index (χ3v) is 7.65. The van der Waals surface area contributed by atoms with Crippen LogP contribution in [0, 0.1) is 6.92 Å². The lowest BCUT2D eigenvalue weighted by molar-refractivity contribution is 0.0248. The van der Waals surface area contributed by atoms with Crippen molar-refractivity contribution in [1.82, 2.24) is 19.7 Å². The zero-order chi connectivity index (χ0) is 31.0. The van der Waals surface area contributed by atoms with Gasteiger partial charge in [0.25, 0.3) is 0 Å². The van der Waals surface area contributed by atoms with Gasteiger partial charge in [0, 0.05) is 24.2 Å². The molecule has 1 aromatic carbocycles. The van der Waals surface area contributed by atoms with Gasteiger partial charge in [0.05, 0.1) is 26.9 Å². The molecule has 3 atom stereocenters. The van der Waals surface area contributed by atoms with E-state index in [2.05, 4.69) is 36.6 Å². The Hall–Kier alpha value is -4.14. The van der Waals surface area contributed by atoms with Gasteiger partial charge in [-0.3, -0.25) is 14.3 Å². The third kappa shape index (κ3) is 7.57. The maximum atomic E-state index is 13.9. The molecular formula is C28H37N7O6S. The monoisotopic (exact) mass is 599 g/mol. The van der Waals surface area contributed by atoms with Crippen LogP contribution in [-0.2, 0) is 14.8 Å². The van der Waals surface area contributed by atoms with E-state index in [0.29, 0.717) is 28.6 Å². The summed E-state index contributed by atoms with van der Waals surface area (Å²) in [6.45, 7) is 11.9. The van der Waals surface area contributed by atoms with Gasteiger partial charge in [0.2, 0.25) is 16.0 Å². The molecule has 0 bridgehead atoms. The van der Waals surface area contributed by atoms with Crippen LogP contribution in [0.15, 0.2) is 58.4 Å². The van der Waals surface area contributed by atoms with Crippen molar-refractivity contribution in [2.24, 2.45) is 9.98 Å². The van der Waals surface area contributed by atoms with E-state index in [4.69, 9.17) is 14.2 Å². The SMILES string of the molecule is C=NC(=NC=C(C)C)[C@H](OC[C@@H](C)O)[C@@H](C)S(=O)(=O)Nc1nnc(-c2cncc(C)c2)n1-c1c(OC)cccc1OC. The number of aliphatic hydroxyl groups is 1. The molecular weight excluding hydrogens is 562 g/mol. The molecule has 0 spiro atoms. The first-order chi connectivity index (χ1) is 19.9. The zero-order valence-electron chi connectivity index (χ0n) is 24.8. The van der Waals surface area contributed by atoms with Crippen molar-refractivity contribution in [2.45, 2.75) is 52.1 Å². The Bertz CT molecular complexity index is 1540. The number of aliphatic imine (C=N–C) groups is 2. The van der Waals surface area contributed by atoms with Crippen molar-refractivity contribution in [3.63, 3.8) is 0 Å². The van der Waals surface area contributed by atoms with Crippen LogP contribution in [0.2, 0.25) is 0 Å². The standard InChI is InChI=1S/C28H37N7O6S/c1-17(2)13-31-26(29-6)25(41-16-19(4)36)20(5)42(37,38)34-28-33-32-27(21-12-18(3)14-30-15-21)35(28)24-22(39-7)10-9-11-23(24)40-8/h9-15,19-20,25,36H,6,16H2,1-5,7-8H3,(H,33,34)/t19-,20-,25-/m1/s1. The Balaban J connectivity index is 2.19. The number of nitrogens with one attached hydrogen (secondary N) is 1. The highest BCUT2D eigenvalue weighted by molar-refractivity contribution is 7.93. The van der Waals surface area contributed by atoms with Gasteiger partial charge >= 0.3 is 0 Å². The van der Waals surface area contributed by atoms with Crippen molar-refractivity contribution in [3.05, 3.63) is 54.0 Å². The summed E-state index contributed by atoms with van der Waals surface area (Å²) in [5.74, 6) is 0.961. The fourth-order valence-electron chi connectivity index (χ4n) is 3.92. The number of nitrogens with zero attached hydrogens (tertiary/aromatic N) is 6. The quantitative estimate of drug-likeness (QED) is 0.221. The molecule has 42 heavy (non-hydrogen) atoms. The molecule has 0 saturated heterocycles. The molecule has 0 aliphatic heterocycles. The van der Waals surface area contributed by atoms with Gasteiger partial charge in [0.15, 0.2) is 11.7 Å². The summed E-state index contributed by atoms with van der Waals surface area (Å²) in [6, 6.07) is 7.00. The first-order valence-electron chi connectivity index (χ1n) is 13.0. The molecule has 2 aromatic heterocycles. The Labute approximate surface area is 246 Å². The van der Waals surface area contributed by atoms with Gasteiger partial charge in [-0.15, -0.1) is 10.2 Å². The Morgan fingerprint density at radius 1 is 1.17 bits per heavy atom. The molecule has 226 valence electrons. The normalized spacial score (nSPS) is 14.0. The molecule has 0 aliphatic rings. The minimum Gasteiger partial charge on any atom is -0.494 e. The van der Waals surface area contributed by atoms with E-state index in [-0.39, 0.29) is 18.4 Å². The molecule has 0 radical (unpaired) electrons. The highest BCUT2D eigenvalue weighted by Gasteiger charge is 2.36. The van der Waals surface area contributed by atoms with Crippen LogP contribution >= 0.6 is 0 Å². The average molecular weight is 600 g/mol. The molecule has 13 nitrogen and oxygen atoms in total. The molecule has 0 fully saturated rings. The van der Waals surface area contributed by atoms with Gasteiger partial charge in [0.1, 0.15) is 28.5 Å². The van der Waals surface area contributed by atoms with Crippen molar-refractivity contribution >= 4 is 28.5 Å². The number of aryl methyl sites for hydroxylation is 1. The number of amidine groups is 1. The number of rotatable bonds is 13. The summed E-state index contributed by atoms with van der Waals surface area (Å²) in [4.78, 5) is 12.5. The van der Waals surface area contributed by atoms with E-state index in [9.17, 15) is 13.5 Å². The molecule has 0 unspecified atom stereocenters. The molecule has 0 saturated carbocycles. The van der Waals surface area contributed by atoms with E-state index in [1.165, 1.54) is 38.8 Å². The fraction of sp³-hybridized carbons (Fsp3) is 0.393. The molecule has 3 aromatic rings. The van der Waals surface area contributed by atoms with Crippen LogP contribution in [0.4, 0.5) is 5.95 Å². The largest absolute Gasteiger partial charge is 0.494 e. The van der Waals surface area contributed by atoms with E-state index >= 15 is 0 Å². The minimum absolute atomic E-state index is 0.0362. The van der Waals surface area contributed by atoms with E-state index < -0.39 is 27.5 Å². The van der Waals surface area contributed by atoms with E-state index in [1.807, 2.05) is 26.8 Å². The summed E-state index contributed by atoms with van der Waals surface area (Å²) in [5, 5.41) is 17.1. The number of hydrogen-bond donors (Lipinski definition) is 2. The van der Waals surface area contributed by atoms with Gasteiger partial charge in [-0.05, 0) is 65.1 Å². The second-order valence-corrected chi connectivity index (χ2v) is 11.8. The number of aromatic nitrogens is 4. The first-order valence-corrected chi connectivity index (χ1v) is 14.6. The third-order valence-electron chi connectivity index (χ3n) is 5.96. The number of anilines is 1. The number of ether oxygens (including phenoxy) is 3. The predicted molar refractivity (Wildman–Crippen MR) is 162 cm³/mol. The molecule has 0 aliphatic carbocycles. The number of methoxy groups -OCH3 is 2. The number of sulfonamides is 1. The van der Waals surface area contributed by atoms with Crippen LogP contribution in [0.5, 0.6) is 11.5 Å². The number of allylic oxidation sites excluding steroid dienone is 1. The van der Waals surface area contributed by atoms with Crippen LogP contribution < -0.4 is 14.2 Å². The lowest BCUT2D eigenvalue weighted by atomic mass is 10.2. The number of aliphatic hydroxyl groups excluding tert-OH is 1. The number of para-hydroxylation sites is 1.